The largest absolute Gasteiger partial charge is 0.375 e. The standard InChI is InChI=1S/C22H26N4O/c1-5-25(4)19-13-11-18(12-14-19)22(27)23-15-21-16(2)24-26(17(21)3)20-9-7-6-8-10-20/h6-14H,5,15H2,1-4H3,(H,23,27). The maximum Gasteiger partial charge on any atom is 0.251 e. The summed E-state index contributed by atoms with van der Waals surface area (Å²) in [6.07, 6.45) is 0. The molecule has 0 aliphatic rings. The van der Waals surface area contributed by atoms with Crippen molar-refractivity contribution in [3.63, 3.8) is 0 Å². The number of aromatic nitrogens is 2. The van der Waals surface area contributed by atoms with Gasteiger partial charge in [0.15, 0.2) is 0 Å². The molecule has 1 heterocycles. The molecule has 1 amide bonds. The highest BCUT2D eigenvalue weighted by Gasteiger charge is 2.14. The highest BCUT2D eigenvalue weighted by molar-refractivity contribution is 5.94. The van der Waals surface area contributed by atoms with Gasteiger partial charge in [0.1, 0.15) is 0 Å². The second kappa shape index (κ2) is 8.08. The Kier molecular flexibility index (Phi) is 5.60. The molecule has 0 aliphatic carbocycles. The molecular formula is C22H26N4O. The van der Waals surface area contributed by atoms with E-state index in [2.05, 4.69) is 22.2 Å². The van der Waals surface area contributed by atoms with Crippen molar-refractivity contribution in [2.45, 2.75) is 27.3 Å². The van der Waals surface area contributed by atoms with Gasteiger partial charge in [0.25, 0.3) is 5.91 Å². The molecule has 2 aromatic carbocycles. The van der Waals surface area contributed by atoms with Crippen LogP contribution in [0, 0.1) is 13.8 Å². The zero-order valence-corrected chi connectivity index (χ0v) is 16.4. The zero-order valence-electron chi connectivity index (χ0n) is 16.4. The van der Waals surface area contributed by atoms with Gasteiger partial charge >= 0.3 is 0 Å². The van der Waals surface area contributed by atoms with Gasteiger partial charge in [0.2, 0.25) is 0 Å². The lowest BCUT2D eigenvalue weighted by Crippen LogP contribution is -2.23. The van der Waals surface area contributed by atoms with Gasteiger partial charge in [-0.15, -0.1) is 0 Å². The number of rotatable bonds is 6. The van der Waals surface area contributed by atoms with Crippen molar-refractivity contribution >= 4 is 11.6 Å². The fraction of sp³-hybridized carbons (Fsp3) is 0.273. The van der Waals surface area contributed by atoms with Gasteiger partial charge in [0.05, 0.1) is 11.4 Å². The van der Waals surface area contributed by atoms with E-state index in [1.807, 2.05) is 80.2 Å². The van der Waals surface area contributed by atoms with E-state index in [4.69, 9.17) is 0 Å². The topological polar surface area (TPSA) is 50.2 Å². The van der Waals surface area contributed by atoms with E-state index in [1.165, 1.54) is 0 Å². The van der Waals surface area contributed by atoms with Crippen molar-refractivity contribution in [3.05, 3.63) is 77.1 Å². The van der Waals surface area contributed by atoms with Crippen LogP contribution < -0.4 is 10.2 Å². The number of aryl methyl sites for hydroxylation is 1. The lowest BCUT2D eigenvalue weighted by molar-refractivity contribution is 0.0951. The van der Waals surface area contributed by atoms with Crippen molar-refractivity contribution in [3.8, 4) is 5.69 Å². The molecule has 3 aromatic rings. The summed E-state index contributed by atoms with van der Waals surface area (Å²) in [6.45, 7) is 7.49. The summed E-state index contributed by atoms with van der Waals surface area (Å²) < 4.78 is 1.92. The third-order valence-electron chi connectivity index (χ3n) is 4.91. The number of amides is 1. The van der Waals surface area contributed by atoms with Crippen molar-refractivity contribution in [1.29, 1.82) is 0 Å². The highest BCUT2D eigenvalue weighted by Crippen LogP contribution is 2.18. The van der Waals surface area contributed by atoms with Gasteiger partial charge < -0.3 is 10.2 Å². The Hall–Kier alpha value is -3.08. The summed E-state index contributed by atoms with van der Waals surface area (Å²) in [5.41, 5.74) is 5.80. The van der Waals surface area contributed by atoms with E-state index in [0.29, 0.717) is 12.1 Å². The number of nitrogens with one attached hydrogen (secondary N) is 1. The summed E-state index contributed by atoms with van der Waals surface area (Å²) in [7, 11) is 2.03. The van der Waals surface area contributed by atoms with Crippen LogP contribution in [0.15, 0.2) is 54.6 Å². The molecule has 27 heavy (non-hydrogen) atoms. The molecular weight excluding hydrogens is 336 g/mol. The molecule has 0 saturated heterocycles. The molecule has 1 aromatic heterocycles. The number of hydrogen-bond donors (Lipinski definition) is 1. The van der Waals surface area contributed by atoms with Crippen LogP contribution >= 0.6 is 0 Å². The van der Waals surface area contributed by atoms with E-state index in [9.17, 15) is 4.79 Å². The summed E-state index contributed by atoms with van der Waals surface area (Å²) >= 11 is 0. The molecule has 0 atom stereocenters. The molecule has 1 N–H and O–H groups in total. The number of nitrogens with zero attached hydrogens (tertiary/aromatic N) is 3. The monoisotopic (exact) mass is 362 g/mol. The van der Waals surface area contributed by atoms with Crippen LogP contribution in [0.3, 0.4) is 0 Å². The predicted octanol–water partition coefficient (Wildman–Crippen LogP) is 3.88. The van der Waals surface area contributed by atoms with Gasteiger partial charge in [-0.1, -0.05) is 18.2 Å². The molecule has 0 aliphatic heterocycles. The maximum absolute atomic E-state index is 12.5. The maximum atomic E-state index is 12.5. The Morgan fingerprint density at radius 3 is 2.37 bits per heavy atom. The zero-order chi connectivity index (χ0) is 19.4. The highest BCUT2D eigenvalue weighted by atomic mass is 16.1. The van der Waals surface area contributed by atoms with Crippen LogP contribution in [-0.2, 0) is 6.54 Å². The molecule has 0 fully saturated rings. The molecule has 0 unspecified atom stereocenters. The Morgan fingerprint density at radius 2 is 1.74 bits per heavy atom. The Labute approximate surface area is 160 Å². The van der Waals surface area contributed by atoms with Crippen molar-refractivity contribution in [1.82, 2.24) is 15.1 Å². The fourth-order valence-corrected chi connectivity index (χ4v) is 3.07. The van der Waals surface area contributed by atoms with Crippen molar-refractivity contribution < 1.29 is 4.79 Å². The smallest absolute Gasteiger partial charge is 0.251 e. The van der Waals surface area contributed by atoms with Gasteiger partial charge in [-0.25, -0.2) is 4.68 Å². The van der Waals surface area contributed by atoms with Gasteiger partial charge in [-0.05, 0) is 57.2 Å². The average molecular weight is 362 g/mol. The summed E-state index contributed by atoms with van der Waals surface area (Å²) in [5, 5.41) is 7.65. The molecule has 0 bridgehead atoms. The number of anilines is 1. The first-order chi connectivity index (χ1) is 13.0. The van der Waals surface area contributed by atoms with Crippen LogP contribution in [0.4, 0.5) is 5.69 Å². The molecule has 0 spiro atoms. The SMILES string of the molecule is CCN(C)c1ccc(C(=O)NCc2c(C)nn(-c3ccccc3)c2C)cc1. The van der Waals surface area contributed by atoms with Crippen LogP contribution in [0.25, 0.3) is 5.69 Å². The second-order valence-electron chi connectivity index (χ2n) is 6.64. The molecule has 0 radical (unpaired) electrons. The summed E-state index contributed by atoms with van der Waals surface area (Å²) in [6, 6.07) is 17.7. The lowest BCUT2D eigenvalue weighted by atomic mass is 10.1. The molecule has 3 rings (SSSR count). The Bertz CT molecular complexity index is 913. The first kappa shape index (κ1) is 18.7. The molecule has 140 valence electrons. The van der Waals surface area contributed by atoms with E-state index in [0.717, 1.165) is 34.9 Å². The minimum absolute atomic E-state index is 0.0769. The molecule has 5 nitrogen and oxygen atoms in total. The third kappa shape index (κ3) is 4.03. The van der Waals surface area contributed by atoms with E-state index >= 15 is 0 Å². The fourth-order valence-electron chi connectivity index (χ4n) is 3.07. The van der Waals surface area contributed by atoms with Crippen LogP contribution in [0.5, 0.6) is 0 Å². The number of hydrogen-bond acceptors (Lipinski definition) is 3. The summed E-state index contributed by atoms with van der Waals surface area (Å²) in [5.74, 6) is -0.0769. The van der Waals surface area contributed by atoms with E-state index in [-0.39, 0.29) is 5.91 Å². The number of carbonyl (C=O) groups excluding carboxylic acids is 1. The Morgan fingerprint density at radius 1 is 1.07 bits per heavy atom. The lowest BCUT2D eigenvalue weighted by Gasteiger charge is -2.16. The van der Waals surface area contributed by atoms with Gasteiger partial charge in [-0.3, -0.25) is 4.79 Å². The van der Waals surface area contributed by atoms with E-state index in [1.54, 1.807) is 0 Å². The summed E-state index contributed by atoms with van der Waals surface area (Å²) in [4.78, 5) is 14.6. The first-order valence-corrected chi connectivity index (χ1v) is 9.21. The molecule has 0 saturated carbocycles. The number of carbonyl (C=O) groups is 1. The van der Waals surface area contributed by atoms with Gasteiger partial charge in [-0.2, -0.15) is 5.10 Å². The normalized spacial score (nSPS) is 10.7. The van der Waals surface area contributed by atoms with E-state index < -0.39 is 0 Å². The first-order valence-electron chi connectivity index (χ1n) is 9.21. The molecule has 5 heteroatoms. The third-order valence-corrected chi connectivity index (χ3v) is 4.91. The number of para-hydroxylation sites is 1. The minimum atomic E-state index is -0.0769. The van der Waals surface area contributed by atoms with Crippen LogP contribution in [0.2, 0.25) is 0 Å². The number of benzene rings is 2. The predicted molar refractivity (Wildman–Crippen MR) is 110 cm³/mol. The second-order valence-corrected chi connectivity index (χ2v) is 6.64. The van der Waals surface area contributed by atoms with Crippen LogP contribution in [0.1, 0.15) is 34.2 Å². The van der Waals surface area contributed by atoms with Crippen LogP contribution in [-0.4, -0.2) is 29.3 Å². The quantitative estimate of drug-likeness (QED) is 0.724. The van der Waals surface area contributed by atoms with Crippen molar-refractivity contribution in [2.24, 2.45) is 0 Å². The average Bonchev–Trinajstić information content (AvgIpc) is 3.00. The van der Waals surface area contributed by atoms with Gasteiger partial charge in [0, 0.05) is 42.6 Å². The minimum Gasteiger partial charge on any atom is -0.375 e. The Balaban J connectivity index is 1.71. The van der Waals surface area contributed by atoms with Crippen molar-refractivity contribution in [2.75, 3.05) is 18.5 Å².